The second-order valence-electron chi connectivity index (χ2n) is 5.76. The van der Waals surface area contributed by atoms with Crippen molar-refractivity contribution in [3.05, 3.63) is 58.7 Å². The molecule has 1 atom stereocenters. The molecule has 4 nitrogen and oxygen atoms in total. The predicted molar refractivity (Wildman–Crippen MR) is 100 cm³/mol. The summed E-state index contributed by atoms with van der Waals surface area (Å²) < 4.78 is 12.9. The summed E-state index contributed by atoms with van der Waals surface area (Å²) in [7, 11) is 3.89. The van der Waals surface area contributed by atoms with Gasteiger partial charge in [-0.3, -0.25) is 0 Å². The highest BCUT2D eigenvalue weighted by Gasteiger charge is 2.21. The zero-order valence-corrected chi connectivity index (χ0v) is 15.4. The summed E-state index contributed by atoms with van der Waals surface area (Å²) in [6.45, 7) is 1.85. The largest absolute Gasteiger partial charge is 0.610 e. The van der Waals surface area contributed by atoms with Crippen LogP contribution in [0.5, 0.6) is 0 Å². The van der Waals surface area contributed by atoms with Crippen LogP contribution in [0.3, 0.4) is 0 Å². The summed E-state index contributed by atoms with van der Waals surface area (Å²) >= 11 is 4.80. The van der Waals surface area contributed by atoms with E-state index in [0.717, 1.165) is 22.3 Å². The number of para-hydroxylation sites is 2. The number of aromatic nitrogens is 2. The minimum absolute atomic E-state index is 0.374. The fraction of sp³-hybridized carbons (Fsp3) is 0.222. The first kappa shape index (κ1) is 17.0. The third-order valence-corrected chi connectivity index (χ3v) is 5.36. The number of benzene rings is 2. The number of fused-ring (bicyclic) bond motifs is 1. The molecule has 0 aliphatic rings. The standard InChI is InChI=1S/C18H18ClN3OS/c1-12-18(21-16-7-5-4-6-15(16)20-12)24(23)11-13-8-9-14(19)10-17(13)22(2)3/h4-10H,11H2,1-3H3. The van der Waals surface area contributed by atoms with Gasteiger partial charge in [-0.05, 0) is 31.2 Å². The quantitative estimate of drug-likeness (QED) is 0.661. The number of nitrogens with zero attached hydrogens (tertiary/aromatic N) is 3. The van der Waals surface area contributed by atoms with Crippen LogP contribution in [0, 0.1) is 6.92 Å². The highest BCUT2D eigenvalue weighted by molar-refractivity contribution is 7.90. The van der Waals surface area contributed by atoms with Crippen LogP contribution >= 0.6 is 11.6 Å². The summed E-state index contributed by atoms with van der Waals surface area (Å²) in [6, 6.07) is 13.2. The van der Waals surface area contributed by atoms with Crippen LogP contribution in [0.2, 0.25) is 5.02 Å². The van der Waals surface area contributed by atoms with Crippen LogP contribution in [0.25, 0.3) is 11.0 Å². The van der Waals surface area contributed by atoms with Gasteiger partial charge in [0.1, 0.15) is 11.4 Å². The molecule has 6 heteroatoms. The van der Waals surface area contributed by atoms with Gasteiger partial charge in [-0.1, -0.05) is 29.8 Å². The SMILES string of the molecule is Cc1nc2ccccc2nc1[S+]([O-])Cc1ccc(Cl)cc1N(C)C. The maximum atomic E-state index is 12.9. The number of anilines is 1. The Hall–Kier alpha value is -1.82. The third kappa shape index (κ3) is 3.48. The third-order valence-electron chi connectivity index (χ3n) is 3.73. The Morgan fingerprint density at radius 3 is 2.42 bits per heavy atom. The summed E-state index contributed by atoms with van der Waals surface area (Å²) in [4.78, 5) is 11.1. The molecule has 2 aromatic carbocycles. The molecule has 0 saturated heterocycles. The monoisotopic (exact) mass is 359 g/mol. The highest BCUT2D eigenvalue weighted by atomic mass is 35.5. The minimum atomic E-state index is -1.28. The van der Waals surface area contributed by atoms with E-state index in [2.05, 4.69) is 9.97 Å². The van der Waals surface area contributed by atoms with E-state index in [4.69, 9.17) is 11.6 Å². The van der Waals surface area contributed by atoms with Crippen molar-refractivity contribution in [2.75, 3.05) is 19.0 Å². The van der Waals surface area contributed by atoms with Crippen LogP contribution in [0.15, 0.2) is 47.5 Å². The summed E-state index contributed by atoms with van der Waals surface area (Å²) in [5, 5.41) is 1.20. The average molecular weight is 360 g/mol. The van der Waals surface area contributed by atoms with Crippen molar-refractivity contribution in [1.82, 2.24) is 9.97 Å². The van der Waals surface area contributed by atoms with Gasteiger partial charge < -0.3 is 9.45 Å². The van der Waals surface area contributed by atoms with Crippen LogP contribution in [0.1, 0.15) is 11.3 Å². The highest BCUT2D eigenvalue weighted by Crippen LogP contribution is 2.28. The fourth-order valence-corrected chi connectivity index (χ4v) is 3.98. The Morgan fingerprint density at radius 2 is 1.75 bits per heavy atom. The van der Waals surface area contributed by atoms with Gasteiger partial charge in [0.05, 0.1) is 11.0 Å². The summed E-state index contributed by atoms with van der Waals surface area (Å²) in [6.07, 6.45) is 0. The molecule has 0 spiro atoms. The average Bonchev–Trinajstić information content (AvgIpc) is 2.55. The van der Waals surface area contributed by atoms with Gasteiger partial charge in [-0.2, -0.15) is 4.98 Å². The van der Waals surface area contributed by atoms with Crippen LogP contribution in [-0.4, -0.2) is 28.6 Å². The molecule has 1 aromatic heterocycles. The maximum Gasteiger partial charge on any atom is 0.266 e. The minimum Gasteiger partial charge on any atom is -0.610 e. The molecule has 0 amide bonds. The molecule has 0 bridgehead atoms. The molecular formula is C18H18ClN3OS. The van der Waals surface area contributed by atoms with E-state index in [1.165, 1.54) is 0 Å². The Kier molecular flexibility index (Phi) is 4.94. The zero-order valence-electron chi connectivity index (χ0n) is 13.8. The lowest BCUT2D eigenvalue weighted by Gasteiger charge is -2.19. The Balaban J connectivity index is 1.96. The molecule has 0 aliphatic heterocycles. The Morgan fingerprint density at radius 1 is 1.08 bits per heavy atom. The number of aryl methyl sites for hydroxylation is 1. The number of hydrogen-bond acceptors (Lipinski definition) is 4. The van der Waals surface area contributed by atoms with Gasteiger partial charge in [0, 0.05) is 41.5 Å². The molecule has 3 rings (SSSR count). The van der Waals surface area contributed by atoms with Crippen molar-refractivity contribution in [3.63, 3.8) is 0 Å². The fourth-order valence-electron chi connectivity index (χ4n) is 2.57. The van der Waals surface area contributed by atoms with E-state index in [0.29, 0.717) is 21.5 Å². The van der Waals surface area contributed by atoms with Crippen molar-refractivity contribution < 1.29 is 4.55 Å². The van der Waals surface area contributed by atoms with E-state index in [1.54, 1.807) is 0 Å². The second-order valence-corrected chi connectivity index (χ2v) is 7.56. The topological polar surface area (TPSA) is 52.1 Å². The first-order valence-corrected chi connectivity index (χ1v) is 9.23. The molecule has 3 aromatic rings. The normalized spacial score (nSPS) is 12.4. The van der Waals surface area contributed by atoms with E-state index >= 15 is 0 Å². The Labute approximate surface area is 149 Å². The van der Waals surface area contributed by atoms with E-state index in [9.17, 15) is 4.55 Å². The molecule has 0 N–H and O–H groups in total. The van der Waals surface area contributed by atoms with Gasteiger partial charge in [0.2, 0.25) is 0 Å². The van der Waals surface area contributed by atoms with Crippen molar-refractivity contribution in [3.8, 4) is 0 Å². The van der Waals surface area contributed by atoms with Crippen molar-refractivity contribution >= 4 is 39.5 Å². The lowest BCUT2D eigenvalue weighted by Crippen LogP contribution is -2.15. The zero-order chi connectivity index (χ0) is 17.3. The molecule has 0 aliphatic carbocycles. The van der Waals surface area contributed by atoms with E-state index in [1.807, 2.05) is 68.4 Å². The lowest BCUT2D eigenvalue weighted by atomic mass is 10.2. The lowest BCUT2D eigenvalue weighted by molar-refractivity contribution is 0.589. The molecule has 124 valence electrons. The molecular weight excluding hydrogens is 342 g/mol. The van der Waals surface area contributed by atoms with Crippen molar-refractivity contribution in [2.45, 2.75) is 17.7 Å². The number of rotatable bonds is 4. The first-order valence-electron chi connectivity index (χ1n) is 7.53. The molecule has 1 unspecified atom stereocenters. The predicted octanol–water partition coefficient (Wildman–Crippen LogP) is 3.97. The second kappa shape index (κ2) is 6.97. The number of halogens is 1. The summed E-state index contributed by atoms with van der Waals surface area (Å²) in [5.74, 6) is 0.374. The van der Waals surface area contributed by atoms with Gasteiger partial charge in [0.25, 0.3) is 5.03 Å². The van der Waals surface area contributed by atoms with Gasteiger partial charge in [-0.15, -0.1) is 0 Å². The molecule has 0 radical (unpaired) electrons. The van der Waals surface area contributed by atoms with Gasteiger partial charge >= 0.3 is 0 Å². The van der Waals surface area contributed by atoms with E-state index < -0.39 is 11.2 Å². The smallest absolute Gasteiger partial charge is 0.266 e. The molecule has 1 heterocycles. The Bertz CT molecular complexity index is 885. The van der Waals surface area contributed by atoms with Crippen molar-refractivity contribution in [2.24, 2.45) is 0 Å². The molecule has 24 heavy (non-hydrogen) atoms. The number of hydrogen-bond donors (Lipinski definition) is 0. The van der Waals surface area contributed by atoms with Crippen molar-refractivity contribution in [1.29, 1.82) is 0 Å². The van der Waals surface area contributed by atoms with Crippen LogP contribution in [-0.2, 0) is 16.9 Å². The van der Waals surface area contributed by atoms with Gasteiger partial charge in [-0.25, -0.2) is 4.98 Å². The summed E-state index contributed by atoms with van der Waals surface area (Å²) in [5.41, 5.74) is 4.21. The van der Waals surface area contributed by atoms with Gasteiger partial charge in [0.15, 0.2) is 0 Å². The van der Waals surface area contributed by atoms with Crippen LogP contribution in [0.4, 0.5) is 5.69 Å². The molecule has 0 saturated carbocycles. The first-order chi connectivity index (χ1) is 11.5. The van der Waals surface area contributed by atoms with Crippen LogP contribution < -0.4 is 4.90 Å². The van der Waals surface area contributed by atoms with E-state index in [-0.39, 0.29) is 0 Å². The molecule has 0 fully saturated rings. The maximum absolute atomic E-state index is 12.9.